The largest absolute Gasteiger partial charge is 0.395 e. The molecule has 0 saturated heterocycles. The number of ether oxygens (including phenoxy) is 1. The average molecular weight is 691 g/mol. The summed E-state index contributed by atoms with van der Waals surface area (Å²) >= 11 is 2.22. The first-order valence-corrected chi connectivity index (χ1v) is 19.5. The van der Waals surface area contributed by atoms with E-state index in [0.717, 1.165) is 58.6 Å². The Morgan fingerprint density at radius 3 is 2.25 bits per heavy atom. The molecule has 0 amide bonds. The number of hydrogen-bond acceptors (Lipinski definition) is 4. The van der Waals surface area contributed by atoms with Crippen LogP contribution in [0.3, 0.4) is 0 Å². The lowest BCUT2D eigenvalue weighted by Crippen LogP contribution is -2.54. The summed E-state index contributed by atoms with van der Waals surface area (Å²) in [6, 6.07) is 0. The van der Waals surface area contributed by atoms with Crippen molar-refractivity contribution in [1.82, 2.24) is 0 Å². The van der Waals surface area contributed by atoms with Gasteiger partial charge in [-0.2, -0.15) is 0 Å². The molecular weight excluding hydrogens is 627 g/mol. The smallest absolute Gasteiger partial charge is 0.159 e. The van der Waals surface area contributed by atoms with Gasteiger partial charge in [-0.05, 0) is 116 Å². The zero-order valence-corrected chi connectivity index (χ0v) is 31.0. The monoisotopic (exact) mass is 690 g/mol. The fourth-order valence-corrected chi connectivity index (χ4v) is 12.0. The molecule has 4 nitrogen and oxygen atoms in total. The van der Waals surface area contributed by atoms with Crippen LogP contribution in [0.1, 0.15) is 119 Å². The summed E-state index contributed by atoms with van der Waals surface area (Å²) in [5.74, 6) is 5.66. The third kappa shape index (κ3) is 6.72. The molecule has 7 unspecified atom stereocenters. The first-order valence-electron chi connectivity index (χ1n) is 17.1. The van der Waals surface area contributed by atoms with Gasteiger partial charge in [0.1, 0.15) is 0 Å². The number of alkyl halides is 1. The van der Waals surface area contributed by atoms with Crippen molar-refractivity contribution in [2.45, 2.75) is 147 Å². The van der Waals surface area contributed by atoms with Crippen LogP contribution in [-0.2, 0) is 4.74 Å². The van der Waals surface area contributed by atoms with Gasteiger partial charge >= 0.3 is 0 Å². The molecule has 40 heavy (non-hydrogen) atoms. The highest BCUT2D eigenvalue weighted by atomic mass is 127. The van der Waals surface area contributed by atoms with Crippen LogP contribution >= 0.6 is 22.6 Å². The molecule has 0 aromatic heterocycles. The van der Waals surface area contributed by atoms with Crippen molar-refractivity contribution in [3.8, 4) is 0 Å². The molecule has 4 aliphatic carbocycles. The lowest BCUT2D eigenvalue weighted by atomic mass is 9.44. The molecule has 0 bridgehead atoms. The highest BCUT2D eigenvalue weighted by Gasteiger charge is 2.60. The van der Waals surface area contributed by atoms with Crippen molar-refractivity contribution < 1.29 is 20.1 Å². The maximum atomic E-state index is 10.9. The predicted molar refractivity (Wildman–Crippen MR) is 178 cm³/mol. The highest BCUT2D eigenvalue weighted by molar-refractivity contribution is 14.1. The van der Waals surface area contributed by atoms with Gasteiger partial charge in [0.05, 0.1) is 18.8 Å². The Morgan fingerprint density at radius 2 is 1.57 bits per heavy atom. The maximum Gasteiger partial charge on any atom is 0.159 e. The molecule has 4 aliphatic rings. The molecule has 0 spiro atoms. The summed E-state index contributed by atoms with van der Waals surface area (Å²) in [4.78, 5) is 0. The molecule has 14 atom stereocenters. The third-order valence-electron chi connectivity index (χ3n) is 13.4. The van der Waals surface area contributed by atoms with Gasteiger partial charge < -0.3 is 20.1 Å². The van der Waals surface area contributed by atoms with E-state index in [-0.39, 0.29) is 28.1 Å². The zero-order chi connectivity index (χ0) is 29.4. The van der Waals surface area contributed by atoms with Crippen LogP contribution in [-0.4, -0.2) is 54.6 Å². The van der Waals surface area contributed by atoms with Gasteiger partial charge in [0.2, 0.25) is 0 Å². The summed E-state index contributed by atoms with van der Waals surface area (Å²) in [6.45, 7) is 14.6. The Bertz CT molecular complexity index is 813. The average Bonchev–Trinajstić information content (AvgIpc) is 3.28. The molecule has 0 aromatic rings. The van der Waals surface area contributed by atoms with Crippen molar-refractivity contribution in [3.63, 3.8) is 0 Å². The molecule has 4 fully saturated rings. The minimum absolute atomic E-state index is 0.0278. The first-order chi connectivity index (χ1) is 18.8. The quantitative estimate of drug-likeness (QED) is 0.0917. The van der Waals surface area contributed by atoms with Crippen LogP contribution in [0, 0.1) is 58.2 Å². The SMILES string of the molecule is CC(C)CCCC(C)[C@H]1CCC2C3CCC4C[C@@H](O[C@@H](O)[C@H](C)C(O)[C@H]([SiH3])C(I)CO)CC[C@]4(C)C3CC[C@@]21C. The molecule has 3 N–H and O–H groups in total. The molecule has 4 saturated carbocycles. The predicted octanol–water partition coefficient (Wildman–Crippen LogP) is 6.76. The van der Waals surface area contributed by atoms with E-state index in [2.05, 4.69) is 57.2 Å². The Balaban J connectivity index is 1.35. The summed E-state index contributed by atoms with van der Waals surface area (Å²) in [6.07, 6.45) is 14.5. The fraction of sp³-hybridized carbons (Fsp3) is 1.00. The van der Waals surface area contributed by atoms with E-state index in [1.807, 2.05) is 6.92 Å². The molecule has 0 aromatic carbocycles. The van der Waals surface area contributed by atoms with Gasteiger partial charge in [0.25, 0.3) is 0 Å². The highest BCUT2D eigenvalue weighted by Crippen LogP contribution is 2.68. The lowest BCUT2D eigenvalue weighted by molar-refractivity contribution is -0.207. The van der Waals surface area contributed by atoms with Crippen LogP contribution in [0.25, 0.3) is 0 Å². The molecule has 0 heterocycles. The molecule has 6 heteroatoms. The topological polar surface area (TPSA) is 69.9 Å². The zero-order valence-electron chi connectivity index (χ0n) is 26.8. The van der Waals surface area contributed by atoms with Crippen LogP contribution in [0.5, 0.6) is 0 Å². The van der Waals surface area contributed by atoms with Crippen molar-refractivity contribution in [2.75, 3.05) is 6.61 Å². The van der Waals surface area contributed by atoms with E-state index < -0.39 is 12.4 Å². The second-order valence-corrected chi connectivity index (χ2v) is 19.0. The Kier molecular flexibility index (Phi) is 11.6. The second-order valence-electron chi connectivity index (χ2n) is 16.0. The minimum Gasteiger partial charge on any atom is -0.395 e. The molecule has 4 rings (SSSR count). The number of rotatable bonds is 12. The third-order valence-corrected chi connectivity index (χ3v) is 17.8. The maximum absolute atomic E-state index is 10.9. The van der Waals surface area contributed by atoms with Crippen LogP contribution in [0.2, 0.25) is 5.54 Å². The molecule has 0 radical (unpaired) electrons. The first kappa shape index (κ1) is 33.7. The number of halogens is 1. The van der Waals surface area contributed by atoms with Gasteiger partial charge in [-0.3, -0.25) is 0 Å². The van der Waals surface area contributed by atoms with E-state index in [4.69, 9.17) is 4.74 Å². The van der Waals surface area contributed by atoms with E-state index in [1.54, 1.807) is 0 Å². The van der Waals surface area contributed by atoms with Crippen molar-refractivity contribution in [1.29, 1.82) is 0 Å². The van der Waals surface area contributed by atoms with Crippen molar-refractivity contribution in [3.05, 3.63) is 0 Å². The summed E-state index contributed by atoms with van der Waals surface area (Å²) in [7, 11) is 0.783. The van der Waals surface area contributed by atoms with Gasteiger partial charge in [-0.15, -0.1) is 0 Å². The van der Waals surface area contributed by atoms with Gasteiger partial charge in [-0.25, -0.2) is 0 Å². The lowest BCUT2D eigenvalue weighted by Gasteiger charge is -2.61. The van der Waals surface area contributed by atoms with E-state index in [9.17, 15) is 15.3 Å². The summed E-state index contributed by atoms with van der Waals surface area (Å²) in [5.41, 5.74) is 1.01. The summed E-state index contributed by atoms with van der Waals surface area (Å²) in [5, 5.41) is 31.3. The normalized spacial score (nSPS) is 42.4. The van der Waals surface area contributed by atoms with Crippen molar-refractivity contribution in [2.24, 2.45) is 58.2 Å². The number of hydrogen-bond donors (Lipinski definition) is 3. The Labute approximate surface area is 263 Å². The number of aliphatic hydroxyl groups excluding tert-OH is 3. The van der Waals surface area contributed by atoms with E-state index in [1.165, 1.54) is 64.2 Å². The second kappa shape index (κ2) is 13.8. The van der Waals surface area contributed by atoms with Crippen LogP contribution < -0.4 is 0 Å². The number of fused-ring (bicyclic) bond motifs is 5. The van der Waals surface area contributed by atoms with Gasteiger partial charge in [0.15, 0.2) is 6.29 Å². The van der Waals surface area contributed by atoms with Crippen molar-refractivity contribution >= 4 is 32.8 Å². The molecule has 234 valence electrons. The van der Waals surface area contributed by atoms with Gasteiger partial charge in [-0.1, -0.05) is 83.4 Å². The number of aliphatic hydroxyl groups is 3. The van der Waals surface area contributed by atoms with E-state index >= 15 is 0 Å². The fourth-order valence-electron chi connectivity index (χ4n) is 10.7. The van der Waals surface area contributed by atoms with Gasteiger partial charge in [0, 0.05) is 20.1 Å². The molecular formula is C34H63IO4Si. The Hall–Kier alpha value is 0.787. The minimum atomic E-state index is -0.937. The standard InChI is InChI=1S/C34H63IO4Si/c1-20(2)8-7-9-21(3)26-12-13-27-25-11-10-23-18-24(14-16-33(23,5)28(25)15-17-34(26,27)6)39-32(38)22(4)30(37)31(40)29(35)19-36/h20-32,36-38H,7-19H2,1-6,40H3/t21?,22-,23?,24+,25?,26-,27?,28?,29?,30?,31-,32-,33+,34-/m1/s1. The summed E-state index contributed by atoms with van der Waals surface area (Å²) < 4.78 is 6.31. The van der Waals surface area contributed by atoms with Crippen LogP contribution in [0.15, 0.2) is 0 Å². The Morgan fingerprint density at radius 1 is 0.900 bits per heavy atom. The molecule has 0 aliphatic heterocycles. The van der Waals surface area contributed by atoms with Crippen LogP contribution in [0.4, 0.5) is 0 Å². The van der Waals surface area contributed by atoms with E-state index in [0.29, 0.717) is 16.7 Å².